The summed E-state index contributed by atoms with van der Waals surface area (Å²) < 4.78 is 16.9. The first-order chi connectivity index (χ1) is 13.1. The number of carbonyl (C=O) groups excluding carboxylic acids is 1. The summed E-state index contributed by atoms with van der Waals surface area (Å²) >= 11 is 0. The molecule has 0 bridgehead atoms. The molecule has 142 valence electrons. The molecule has 0 heterocycles. The van der Waals surface area contributed by atoms with Crippen molar-refractivity contribution in [2.45, 2.75) is 6.42 Å². The summed E-state index contributed by atoms with van der Waals surface area (Å²) in [6, 6.07) is 12.3. The maximum absolute atomic E-state index is 10.7. The van der Waals surface area contributed by atoms with Gasteiger partial charge < -0.3 is 19.9 Å². The SMILES string of the molecule is C=CCc1ccc(OCCOc2ccccc2C=NNC(N)=O)c(OC)c1. The molecule has 0 atom stereocenters. The van der Waals surface area contributed by atoms with Gasteiger partial charge in [0.25, 0.3) is 0 Å². The number of nitrogens with one attached hydrogen (secondary N) is 1. The van der Waals surface area contributed by atoms with E-state index in [1.54, 1.807) is 13.2 Å². The number of nitrogens with two attached hydrogens (primary N) is 1. The number of carbonyl (C=O) groups is 1. The molecule has 0 aromatic heterocycles. The highest BCUT2D eigenvalue weighted by Gasteiger charge is 2.06. The summed E-state index contributed by atoms with van der Waals surface area (Å²) in [5.41, 5.74) is 8.92. The van der Waals surface area contributed by atoms with Gasteiger partial charge in [0.05, 0.1) is 13.3 Å². The number of allylic oxidation sites excluding steroid dienone is 1. The number of urea groups is 1. The average molecular weight is 369 g/mol. The lowest BCUT2D eigenvalue weighted by molar-refractivity contribution is 0.211. The number of hydrogen-bond donors (Lipinski definition) is 2. The Bertz CT molecular complexity index is 806. The Morgan fingerprint density at radius 3 is 2.59 bits per heavy atom. The van der Waals surface area contributed by atoms with E-state index in [4.69, 9.17) is 19.9 Å². The molecule has 0 spiro atoms. The van der Waals surface area contributed by atoms with Crippen LogP contribution in [0.2, 0.25) is 0 Å². The fourth-order valence-electron chi connectivity index (χ4n) is 2.31. The maximum atomic E-state index is 10.7. The predicted molar refractivity (Wildman–Crippen MR) is 105 cm³/mol. The van der Waals surface area contributed by atoms with Gasteiger partial charge in [-0.15, -0.1) is 6.58 Å². The largest absolute Gasteiger partial charge is 0.493 e. The summed E-state index contributed by atoms with van der Waals surface area (Å²) in [4.78, 5) is 10.7. The fraction of sp³-hybridized carbons (Fsp3) is 0.200. The molecule has 7 nitrogen and oxygen atoms in total. The number of para-hydroxylation sites is 1. The Morgan fingerprint density at radius 1 is 1.15 bits per heavy atom. The molecule has 0 fully saturated rings. The van der Waals surface area contributed by atoms with Crippen molar-refractivity contribution in [2.75, 3.05) is 20.3 Å². The van der Waals surface area contributed by atoms with Crippen LogP contribution in [0.15, 0.2) is 60.2 Å². The molecule has 0 saturated heterocycles. The molecular formula is C20H23N3O4. The molecule has 0 aliphatic heterocycles. The van der Waals surface area contributed by atoms with Gasteiger partial charge in [-0.3, -0.25) is 0 Å². The Labute approximate surface area is 158 Å². The molecular weight excluding hydrogens is 346 g/mol. The summed E-state index contributed by atoms with van der Waals surface area (Å²) in [7, 11) is 1.60. The van der Waals surface area contributed by atoms with E-state index in [1.807, 2.05) is 42.5 Å². The van der Waals surface area contributed by atoms with E-state index < -0.39 is 6.03 Å². The average Bonchev–Trinajstić information content (AvgIpc) is 2.67. The van der Waals surface area contributed by atoms with Crippen molar-refractivity contribution < 1.29 is 19.0 Å². The number of hydrazone groups is 1. The first-order valence-corrected chi connectivity index (χ1v) is 8.35. The van der Waals surface area contributed by atoms with Gasteiger partial charge in [0, 0.05) is 5.56 Å². The van der Waals surface area contributed by atoms with E-state index in [0.717, 1.165) is 12.0 Å². The van der Waals surface area contributed by atoms with Gasteiger partial charge in [0.2, 0.25) is 0 Å². The Balaban J connectivity index is 1.91. The summed E-state index contributed by atoms with van der Waals surface area (Å²) in [5.74, 6) is 1.93. The van der Waals surface area contributed by atoms with Gasteiger partial charge in [0.1, 0.15) is 19.0 Å². The molecule has 0 radical (unpaired) electrons. The minimum absolute atomic E-state index is 0.325. The number of rotatable bonds is 10. The zero-order chi connectivity index (χ0) is 19.5. The number of hydrogen-bond acceptors (Lipinski definition) is 5. The molecule has 3 N–H and O–H groups in total. The zero-order valence-corrected chi connectivity index (χ0v) is 15.2. The molecule has 0 aliphatic rings. The van der Waals surface area contributed by atoms with Crippen LogP contribution in [-0.4, -0.2) is 32.6 Å². The zero-order valence-electron chi connectivity index (χ0n) is 15.2. The van der Waals surface area contributed by atoms with Crippen molar-refractivity contribution in [3.8, 4) is 17.2 Å². The molecule has 2 rings (SSSR count). The molecule has 27 heavy (non-hydrogen) atoms. The molecule has 2 amide bonds. The van der Waals surface area contributed by atoms with Crippen LogP contribution in [0.1, 0.15) is 11.1 Å². The lowest BCUT2D eigenvalue weighted by Crippen LogP contribution is -2.24. The van der Waals surface area contributed by atoms with Crippen molar-refractivity contribution in [3.05, 3.63) is 66.2 Å². The van der Waals surface area contributed by atoms with Crippen LogP contribution in [-0.2, 0) is 6.42 Å². The molecule has 0 saturated carbocycles. The van der Waals surface area contributed by atoms with Crippen molar-refractivity contribution in [1.82, 2.24) is 5.43 Å². The fourth-order valence-corrected chi connectivity index (χ4v) is 2.31. The van der Waals surface area contributed by atoms with Crippen LogP contribution in [0.25, 0.3) is 0 Å². The number of benzene rings is 2. The standard InChI is InChI=1S/C20H23N3O4/c1-3-6-15-9-10-18(19(13-15)25-2)27-12-11-26-17-8-5-4-7-16(17)14-22-23-20(21)24/h3-5,7-10,13-14H,1,6,11-12H2,2H3,(H3,21,23,24). The Hall–Kier alpha value is -3.48. The van der Waals surface area contributed by atoms with Crippen molar-refractivity contribution >= 4 is 12.2 Å². The Kier molecular flexibility index (Phi) is 7.71. The van der Waals surface area contributed by atoms with E-state index in [2.05, 4.69) is 17.1 Å². The van der Waals surface area contributed by atoms with E-state index in [-0.39, 0.29) is 0 Å². The number of primary amides is 1. The highest BCUT2D eigenvalue weighted by Crippen LogP contribution is 2.28. The third kappa shape index (κ3) is 6.39. The van der Waals surface area contributed by atoms with Crippen LogP contribution >= 0.6 is 0 Å². The third-order valence-corrected chi connectivity index (χ3v) is 3.50. The molecule has 2 aromatic carbocycles. The first kappa shape index (κ1) is 19.8. The van der Waals surface area contributed by atoms with Crippen molar-refractivity contribution in [1.29, 1.82) is 0 Å². The van der Waals surface area contributed by atoms with Crippen LogP contribution in [0.4, 0.5) is 4.79 Å². The minimum Gasteiger partial charge on any atom is -0.493 e. The second-order valence-corrected chi connectivity index (χ2v) is 5.45. The molecule has 7 heteroatoms. The minimum atomic E-state index is -0.730. The lowest BCUT2D eigenvalue weighted by Gasteiger charge is -2.13. The Morgan fingerprint density at radius 2 is 1.89 bits per heavy atom. The second kappa shape index (κ2) is 10.5. The number of nitrogens with zero attached hydrogens (tertiary/aromatic N) is 1. The van der Waals surface area contributed by atoms with Crippen molar-refractivity contribution in [3.63, 3.8) is 0 Å². The topological polar surface area (TPSA) is 95.2 Å². The molecule has 2 aromatic rings. The van der Waals surface area contributed by atoms with Crippen LogP contribution in [0.3, 0.4) is 0 Å². The number of methoxy groups -OCH3 is 1. The van der Waals surface area contributed by atoms with Gasteiger partial charge in [-0.1, -0.05) is 24.3 Å². The van der Waals surface area contributed by atoms with Crippen LogP contribution < -0.4 is 25.4 Å². The molecule has 0 aliphatic carbocycles. The normalized spacial score (nSPS) is 10.4. The highest BCUT2D eigenvalue weighted by molar-refractivity contribution is 5.84. The smallest absolute Gasteiger partial charge is 0.332 e. The van der Waals surface area contributed by atoms with E-state index in [9.17, 15) is 4.79 Å². The van der Waals surface area contributed by atoms with E-state index in [0.29, 0.717) is 36.0 Å². The monoisotopic (exact) mass is 369 g/mol. The summed E-state index contributed by atoms with van der Waals surface area (Å²) in [6.07, 6.45) is 4.06. The quantitative estimate of drug-likeness (QED) is 0.291. The molecule has 0 unspecified atom stereocenters. The highest BCUT2D eigenvalue weighted by atomic mass is 16.5. The van der Waals surface area contributed by atoms with E-state index >= 15 is 0 Å². The van der Waals surface area contributed by atoms with Crippen LogP contribution in [0.5, 0.6) is 17.2 Å². The second-order valence-electron chi connectivity index (χ2n) is 5.45. The van der Waals surface area contributed by atoms with Crippen molar-refractivity contribution in [2.24, 2.45) is 10.8 Å². The first-order valence-electron chi connectivity index (χ1n) is 8.35. The van der Waals surface area contributed by atoms with Gasteiger partial charge in [-0.2, -0.15) is 5.10 Å². The summed E-state index contributed by atoms with van der Waals surface area (Å²) in [5, 5.41) is 3.74. The van der Waals surface area contributed by atoms with Gasteiger partial charge in [0.15, 0.2) is 11.5 Å². The maximum Gasteiger partial charge on any atom is 0.332 e. The van der Waals surface area contributed by atoms with Gasteiger partial charge >= 0.3 is 6.03 Å². The third-order valence-electron chi connectivity index (χ3n) is 3.50. The van der Waals surface area contributed by atoms with Gasteiger partial charge in [-0.25, -0.2) is 10.2 Å². The van der Waals surface area contributed by atoms with E-state index in [1.165, 1.54) is 6.21 Å². The number of amides is 2. The lowest BCUT2D eigenvalue weighted by atomic mass is 10.1. The van der Waals surface area contributed by atoms with Crippen LogP contribution in [0, 0.1) is 0 Å². The summed E-state index contributed by atoms with van der Waals surface area (Å²) in [6.45, 7) is 4.39. The predicted octanol–water partition coefficient (Wildman–Crippen LogP) is 2.88. The number of ether oxygens (including phenoxy) is 3. The van der Waals surface area contributed by atoms with Gasteiger partial charge in [-0.05, 0) is 36.2 Å².